The molecule has 3 aromatic rings. The van der Waals surface area contributed by atoms with E-state index in [1.54, 1.807) is 34.9 Å². The van der Waals surface area contributed by atoms with Crippen LogP contribution in [0, 0.1) is 0 Å². The van der Waals surface area contributed by atoms with E-state index in [0.717, 1.165) is 46.8 Å². The molecule has 8 heteroatoms. The molecule has 2 aromatic carbocycles. The number of nitrogens with zero attached hydrogens (tertiary/aromatic N) is 3. The molecule has 1 saturated heterocycles. The van der Waals surface area contributed by atoms with Gasteiger partial charge in [-0.3, -0.25) is 0 Å². The fraction of sp³-hybridized carbons (Fsp3) is 0.400. The molecule has 0 atom stereocenters. The van der Waals surface area contributed by atoms with Crippen molar-refractivity contribution in [2.24, 2.45) is 4.99 Å². The van der Waals surface area contributed by atoms with E-state index < -0.39 is 10.0 Å². The zero-order chi connectivity index (χ0) is 23.6. The summed E-state index contributed by atoms with van der Waals surface area (Å²) in [5.74, 6) is 0.795. The van der Waals surface area contributed by atoms with Gasteiger partial charge in [-0.1, -0.05) is 18.6 Å². The number of sulfonamides is 1. The van der Waals surface area contributed by atoms with Crippen LogP contribution in [0.15, 0.2) is 63.8 Å². The Morgan fingerprint density at radius 3 is 2.15 bits per heavy atom. The van der Waals surface area contributed by atoms with Gasteiger partial charge in [0.25, 0.3) is 0 Å². The predicted octanol–water partition coefficient (Wildman–Crippen LogP) is 5.39. The quantitative estimate of drug-likeness (QED) is 0.487. The van der Waals surface area contributed by atoms with Gasteiger partial charge in [0.15, 0.2) is 4.80 Å². The number of thiazole rings is 1. The first-order valence-corrected chi connectivity index (χ1v) is 13.5. The van der Waals surface area contributed by atoms with Crippen molar-refractivity contribution in [3.63, 3.8) is 0 Å². The van der Waals surface area contributed by atoms with Crippen molar-refractivity contribution >= 4 is 27.0 Å². The zero-order valence-corrected chi connectivity index (χ0v) is 21.2. The van der Waals surface area contributed by atoms with Crippen LogP contribution in [0.25, 0.3) is 11.3 Å². The summed E-state index contributed by atoms with van der Waals surface area (Å²) in [7, 11) is -1.79. The molecular weight excluding hydrogens is 454 g/mol. The minimum Gasteiger partial charge on any atom is -0.497 e. The molecule has 1 aliphatic heterocycles. The van der Waals surface area contributed by atoms with Crippen LogP contribution >= 0.6 is 11.3 Å². The van der Waals surface area contributed by atoms with Crippen LogP contribution in [-0.4, -0.2) is 37.5 Å². The summed E-state index contributed by atoms with van der Waals surface area (Å²) in [4.78, 5) is 6.11. The third kappa shape index (κ3) is 5.08. The van der Waals surface area contributed by atoms with Crippen molar-refractivity contribution in [1.82, 2.24) is 8.87 Å². The minimum atomic E-state index is -3.44. The van der Waals surface area contributed by atoms with Crippen molar-refractivity contribution in [3.8, 4) is 17.0 Å². The molecule has 0 N–H and O–H groups in total. The van der Waals surface area contributed by atoms with E-state index >= 15 is 0 Å². The second-order valence-corrected chi connectivity index (χ2v) is 12.0. The molecule has 4 rings (SSSR count). The van der Waals surface area contributed by atoms with Gasteiger partial charge in [-0.15, -0.1) is 11.3 Å². The number of rotatable bonds is 5. The average molecular weight is 486 g/mol. The molecule has 0 saturated carbocycles. The van der Waals surface area contributed by atoms with Gasteiger partial charge in [-0.05, 0) is 75.6 Å². The lowest BCUT2D eigenvalue weighted by atomic mass is 10.1. The topological polar surface area (TPSA) is 63.9 Å². The Morgan fingerprint density at radius 2 is 1.58 bits per heavy atom. The van der Waals surface area contributed by atoms with Gasteiger partial charge in [0.1, 0.15) is 5.75 Å². The first kappa shape index (κ1) is 23.7. The maximum atomic E-state index is 13.0. The Hall–Kier alpha value is -2.42. The SMILES string of the molecule is COc1ccc(N=c2scc(-c3ccc(S(=O)(=O)N4CCCCC4)cc3)n2C(C)(C)C)cc1. The number of ether oxygens (including phenoxy) is 1. The van der Waals surface area contributed by atoms with Crippen molar-refractivity contribution in [2.75, 3.05) is 20.2 Å². The van der Waals surface area contributed by atoms with E-state index in [2.05, 4.69) is 30.7 Å². The van der Waals surface area contributed by atoms with Gasteiger partial charge in [0, 0.05) is 24.0 Å². The van der Waals surface area contributed by atoms with Crippen LogP contribution in [0.1, 0.15) is 40.0 Å². The zero-order valence-electron chi connectivity index (χ0n) is 19.6. The van der Waals surface area contributed by atoms with Gasteiger partial charge in [0.05, 0.1) is 23.4 Å². The van der Waals surface area contributed by atoms with E-state index in [4.69, 9.17) is 9.73 Å². The van der Waals surface area contributed by atoms with E-state index in [1.807, 2.05) is 36.4 Å². The molecule has 0 spiro atoms. The third-order valence-electron chi connectivity index (χ3n) is 5.78. The van der Waals surface area contributed by atoms with E-state index in [9.17, 15) is 8.42 Å². The summed E-state index contributed by atoms with van der Waals surface area (Å²) in [6.07, 6.45) is 2.95. The van der Waals surface area contributed by atoms with E-state index in [-0.39, 0.29) is 5.54 Å². The number of hydrogen-bond acceptors (Lipinski definition) is 5. The molecule has 0 radical (unpaired) electrons. The van der Waals surface area contributed by atoms with Gasteiger partial charge in [0.2, 0.25) is 10.0 Å². The summed E-state index contributed by atoms with van der Waals surface area (Å²) in [5, 5.41) is 2.09. The average Bonchev–Trinajstić information content (AvgIpc) is 3.24. The highest BCUT2D eigenvalue weighted by Crippen LogP contribution is 2.29. The smallest absolute Gasteiger partial charge is 0.243 e. The van der Waals surface area contributed by atoms with E-state index in [0.29, 0.717) is 18.0 Å². The summed E-state index contributed by atoms with van der Waals surface area (Å²) >= 11 is 1.57. The predicted molar refractivity (Wildman–Crippen MR) is 134 cm³/mol. The molecule has 1 fully saturated rings. The second-order valence-electron chi connectivity index (χ2n) is 9.21. The van der Waals surface area contributed by atoms with Crippen LogP contribution in [-0.2, 0) is 15.6 Å². The number of methoxy groups -OCH3 is 1. The number of benzene rings is 2. The van der Waals surface area contributed by atoms with Crippen LogP contribution in [0.5, 0.6) is 5.75 Å². The monoisotopic (exact) mass is 485 g/mol. The van der Waals surface area contributed by atoms with Crippen LogP contribution in [0.3, 0.4) is 0 Å². The Morgan fingerprint density at radius 1 is 0.939 bits per heavy atom. The Balaban J connectivity index is 1.71. The highest BCUT2D eigenvalue weighted by molar-refractivity contribution is 7.89. The largest absolute Gasteiger partial charge is 0.497 e. The summed E-state index contributed by atoms with van der Waals surface area (Å²) in [5.41, 5.74) is 2.63. The highest BCUT2D eigenvalue weighted by Gasteiger charge is 2.26. The molecule has 1 aromatic heterocycles. The molecule has 0 amide bonds. The van der Waals surface area contributed by atoms with Crippen molar-refractivity contribution < 1.29 is 13.2 Å². The molecule has 176 valence electrons. The summed E-state index contributed by atoms with van der Waals surface area (Å²) in [6.45, 7) is 7.64. The Labute approximate surface area is 200 Å². The van der Waals surface area contributed by atoms with Crippen LogP contribution < -0.4 is 9.54 Å². The molecule has 1 aliphatic rings. The van der Waals surface area contributed by atoms with Crippen molar-refractivity contribution in [3.05, 3.63) is 58.7 Å². The molecule has 6 nitrogen and oxygen atoms in total. The second kappa shape index (κ2) is 9.44. The fourth-order valence-electron chi connectivity index (χ4n) is 4.06. The molecule has 0 bridgehead atoms. The normalized spacial score (nSPS) is 16.2. The Bertz CT molecular complexity index is 1260. The lowest BCUT2D eigenvalue weighted by molar-refractivity contribution is 0.346. The van der Waals surface area contributed by atoms with Gasteiger partial charge >= 0.3 is 0 Å². The maximum Gasteiger partial charge on any atom is 0.243 e. The fourth-order valence-corrected chi connectivity index (χ4v) is 6.67. The summed E-state index contributed by atoms with van der Waals surface area (Å²) < 4.78 is 35.1. The number of piperidine rings is 1. The molecule has 2 heterocycles. The van der Waals surface area contributed by atoms with Gasteiger partial charge in [-0.2, -0.15) is 4.31 Å². The first-order chi connectivity index (χ1) is 15.7. The van der Waals surface area contributed by atoms with Gasteiger partial charge in [-0.25, -0.2) is 13.4 Å². The highest BCUT2D eigenvalue weighted by atomic mass is 32.2. The van der Waals surface area contributed by atoms with Gasteiger partial charge < -0.3 is 9.30 Å². The number of aromatic nitrogens is 1. The number of hydrogen-bond donors (Lipinski definition) is 0. The lowest BCUT2D eigenvalue weighted by Crippen LogP contribution is -2.35. The molecule has 0 aliphatic carbocycles. The standard InChI is InChI=1S/C25H31N3O3S2/c1-25(2,3)28-23(18-32-24(28)26-20-10-12-21(31-4)13-11-20)19-8-14-22(15-9-19)33(29,30)27-16-6-5-7-17-27/h8-15,18H,5-7,16-17H2,1-4H3. The van der Waals surface area contributed by atoms with Crippen LogP contribution in [0.2, 0.25) is 0 Å². The van der Waals surface area contributed by atoms with Crippen molar-refractivity contribution in [2.45, 2.75) is 50.5 Å². The molecule has 33 heavy (non-hydrogen) atoms. The maximum absolute atomic E-state index is 13.0. The minimum absolute atomic E-state index is 0.209. The molecular formula is C25H31N3O3S2. The Kier molecular flexibility index (Phi) is 6.79. The molecule has 0 unspecified atom stereocenters. The lowest BCUT2D eigenvalue weighted by Gasteiger charge is -2.26. The van der Waals surface area contributed by atoms with E-state index in [1.165, 1.54) is 0 Å². The summed E-state index contributed by atoms with van der Waals surface area (Å²) in [6, 6.07) is 14.9. The third-order valence-corrected chi connectivity index (χ3v) is 8.52. The first-order valence-electron chi connectivity index (χ1n) is 11.2. The van der Waals surface area contributed by atoms with Crippen molar-refractivity contribution in [1.29, 1.82) is 0 Å². The van der Waals surface area contributed by atoms with Crippen LogP contribution in [0.4, 0.5) is 5.69 Å².